The fourth-order valence-corrected chi connectivity index (χ4v) is 1.17. The fourth-order valence-electron chi connectivity index (χ4n) is 1.17. The van der Waals surface area contributed by atoms with Crippen molar-refractivity contribution in [2.75, 3.05) is 6.61 Å². The van der Waals surface area contributed by atoms with E-state index in [2.05, 4.69) is 11.6 Å². The Morgan fingerprint density at radius 1 is 1.79 bits per heavy atom. The summed E-state index contributed by atoms with van der Waals surface area (Å²) in [6, 6.07) is 0. The van der Waals surface area contributed by atoms with Gasteiger partial charge in [-0.15, -0.1) is 6.58 Å². The van der Waals surface area contributed by atoms with Crippen LogP contribution in [-0.4, -0.2) is 22.1 Å². The lowest BCUT2D eigenvalue weighted by Crippen LogP contribution is -2.08. The molecule has 1 aromatic rings. The van der Waals surface area contributed by atoms with Gasteiger partial charge in [-0.3, -0.25) is 0 Å². The summed E-state index contributed by atoms with van der Waals surface area (Å²) in [5.41, 5.74) is 1.19. The Balaban J connectivity index is 2.88. The van der Waals surface area contributed by atoms with E-state index in [4.69, 9.17) is 4.74 Å². The van der Waals surface area contributed by atoms with Gasteiger partial charge in [-0.2, -0.15) is 0 Å². The van der Waals surface area contributed by atoms with Crippen LogP contribution in [-0.2, 0) is 11.3 Å². The normalized spacial score (nSPS) is 9.86. The number of ether oxygens (including phenoxy) is 1. The average Bonchev–Trinajstić information content (AvgIpc) is 2.49. The summed E-state index contributed by atoms with van der Waals surface area (Å²) in [6.07, 6.45) is 3.37. The standard InChI is InChI=1S/C10H14N2O2/c1-4-6-12-7-11-9(8(12)3)10(13)14-5-2/h4,7H,1,5-6H2,2-3H3. The van der Waals surface area contributed by atoms with Crippen LogP contribution in [0, 0.1) is 6.92 Å². The molecule has 1 aromatic heterocycles. The van der Waals surface area contributed by atoms with Crippen molar-refractivity contribution in [1.29, 1.82) is 0 Å². The van der Waals surface area contributed by atoms with E-state index in [1.54, 1.807) is 19.3 Å². The number of hydrogen-bond acceptors (Lipinski definition) is 3. The number of rotatable bonds is 4. The van der Waals surface area contributed by atoms with Gasteiger partial charge in [0.1, 0.15) is 0 Å². The molecule has 14 heavy (non-hydrogen) atoms. The van der Waals surface area contributed by atoms with Crippen LogP contribution < -0.4 is 0 Å². The van der Waals surface area contributed by atoms with Crippen molar-refractivity contribution in [2.24, 2.45) is 0 Å². The van der Waals surface area contributed by atoms with Gasteiger partial charge in [0.2, 0.25) is 0 Å². The number of aromatic nitrogens is 2. The minimum Gasteiger partial charge on any atom is -0.461 e. The predicted octanol–water partition coefficient (Wildman–Crippen LogP) is 1.55. The second kappa shape index (κ2) is 4.60. The molecule has 0 N–H and O–H groups in total. The molecule has 0 radical (unpaired) electrons. The lowest BCUT2D eigenvalue weighted by molar-refractivity contribution is 0.0519. The minimum absolute atomic E-state index is 0.368. The van der Waals surface area contributed by atoms with E-state index in [1.807, 2.05) is 11.5 Å². The third-order valence-corrected chi connectivity index (χ3v) is 1.89. The van der Waals surface area contributed by atoms with E-state index in [9.17, 15) is 4.79 Å². The van der Waals surface area contributed by atoms with Gasteiger partial charge in [0.15, 0.2) is 5.69 Å². The lowest BCUT2D eigenvalue weighted by atomic mass is 10.3. The van der Waals surface area contributed by atoms with Crippen molar-refractivity contribution in [3.63, 3.8) is 0 Å². The molecule has 0 spiro atoms. The third-order valence-electron chi connectivity index (χ3n) is 1.89. The second-order valence-corrected chi connectivity index (χ2v) is 2.84. The van der Waals surface area contributed by atoms with Crippen LogP contribution in [0.5, 0.6) is 0 Å². The summed E-state index contributed by atoms with van der Waals surface area (Å²) in [5, 5.41) is 0. The van der Waals surface area contributed by atoms with E-state index in [0.717, 1.165) is 5.69 Å². The highest BCUT2D eigenvalue weighted by molar-refractivity contribution is 5.88. The van der Waals surface area contributed by atoms with Crippen molar-refractivity contribution in [2.45, 2.75) is 20.4 Å². The number of imidazole rings is 1. The van der Waals surface area contributed by atoms with Crippen LogP contribution in [0.3, 0.4) is 0 Å². The molecule has 0 bridgehead atoms. The molecule has 0 aliphatic rings. The molecule has 4 nitrogen and oxygen atoms in total. The van der Waals surface area contributed by atoms with Gasteiger partial charge in [0.25, 0.3) is 0 Å². The molecule has 76 valence electrons. The molecule has 0 unspecified atom stereocenters. The first-order valence-electron chi connectivity index (χ1n) is 4.50. The van der Waals surface area contributed by atoms with E-state index in [0.29, 0.717) is 18.8 Å². The van der Waals surface area contributed by atoms with E-state index < -0.39 is 0 Å². The van der Waals surface area contributed by atoms with Gasteiger partial charge in [-0.25, -0.2) is 9.78 Å². The number of allylic oxidation sites excluding steroid dienone is 1. The summed E-state index contributed by atoms with van der Waals surface area (Å²) in [7, 11) is 0. The molecule has 0 atom stereocenters. The quantitative estimate of drug-likeness (QED) is 0.539. The van der Waals surface area contributed by atoms with Crippen LogP contribution in [0.4, 0.5) is 0 Å². The molecule has 0 aliphatic heterocycles. The van der Waals surface area contributed by atoms with Gasteiger partial charge in [-0.1, -0.05) is 6.08 Å². The highest BCUT2D eigenvalue weighted by Crippen LogP contribution is 2.07. The Bertz CT molecular complexity index is 342. The Kier molecular flexibility index (Phi) is 3.45. The highest BCUT2D eigenvalue weighted by atomic mass is 16.5. The summed E-state index contributed by atoms with van der Waals surface area (Å²) in [5.74, 6) is -0.368. The molecule has 0 saturated carbocycles. The van der Waals surface area contributed by atoms with Crippen molar-refractivity contribution in [3.8, 4) is 0 Å². The first kappa shape index (κ1) is 10.5. The van der Waals surface area contributed by atoms with E-state index >= 15 is 0 Å². The summed E-state index contributed by atoms with van der Waals surface area (Å²) in [4.78, 5) is 15.4. The number of esters is 1. The van der Waals surface area contributed by atoms with Gasteiger partial charge < -0.3 is 9.30 Å². The zero-order chi connectivity index (χ0) is 10.6. The molecule has 0 fully saturated rings. The smallest absolute Gasteiger partial charge is 0.358 e. The fraction of sp³-hybridized carbons (Fsp3) is 0.400. The van der Waals surface area contributed by atoms with Crippen LogP contribution in [0.2, 0.25) is 0 Å². The van der Waals surface area contributed by atoms with Crippen molar-refractivity contribution < 1.29 is 9.53 Å². The summed E-state index contributed by atoms with van der Waals surface area (Å²) < 4.78 is 6.71. The zero-order valence-corrected chi connectivity index (χ0v) is 8.49. The van der Waals surface area contributed by atoms with Gasteiger partial charge >= 0.3 is 5.97 Å². The maximum Gasteiger partial charge on any atom is 0.358 e. The number of hydrogen-bond donors (Lipinski definition) is 0. The molecule has 0 saturated heterocycles. The first-order chi connectivity index (χ1) is 6.70. The summed E-state index contributed by atoms with van der Waals surface area (Å²) >= 11 is 0. The van der Waals surface area contributed by atoms with Crippen LogP contribution in [0.25, 0.3) is 0 Å². The Morgan fingerprint density at radius 3 is 3.07 bits per heavy atom. The highest BCUT2D eigenvalue weighted by Gasteiger charge is 2.14. The van der Waals surface area contributed by atoms with Crippen molar-refractivity contribution in [1.82, 2.24) is 9.55 Å². The largest absolute Gasteiger partial charge is 0.461 e. The van der Waals surface area contributed by atoms with Gasteiger partial charge in [0.05, 0.1) is 12.9 Å². The third kappa shape index (κ3) is 2.02. The Labute approximate surface area is 83.2 Å². The van der Waals surface area contributed by atoms with Crippen molar-refractivity contribution >= 4 is 5.97 Å². The molecular weight excluding hydrogens is 180 g/mol. The monoisotopic (exact) mass is 194 g/mol. The summed E-state index contributed by atoms with van der Waals surface area (Å²) in [6.45, 7) is 8.25. The number of carbonyl (C=O) groups excluding carboxylic acids is 1. The van der Waals surface area contributed by atoms with Crippen LogP contribution in [0.15, 0.2) is 19.0 Å². The SMILES string of the molecule is C=CCn1cnc(C(=O)OCC)c1C. The first-order valence-corrected chi connectivity index (χ1v) is 4.50. The maximum atomic E-state index is 11.4. The Morgan fingerprint density at radius 2 is 2.50 bits per heavy atom. The Hall–Kier alpha value is -1.58. The van der Waals surface area contributed by atoms with Crippen LogP contribution in [0.1, 0.15) is 23.1 Å². The van der Waals surface area contributed by atoms with E-state index in [-0.39, 0.29) is 5.97 Å². The molecular formula is C10H14N2O2. The molecule has 0 aliphatic carbocycles. The molecule has 0 aromatic carbocycles. The minimum atomic E-state index is -0.368. The number of nitrogens with zero attached hydrogens (tertiary/aromatic N) is 2. The topological polar surface area (TPSA) is 44.1 Å². The van der Waals surface area contributed by atoms with E-state index in [1.165, 1.54) is 0 Å². The lowest BCUT2D eigenvalue weighted by Gasteiger charge is -2.02. The molecule has 1 heterocycles. The maximum absolute atomic E-state index is 11.4. The molecule has 0 amide bonds. The zero-order valence-electron chi connectivity index (χ0n) is 8.49. The van der Waals surface area contributed by atoms with Crippen molar-refractivity contribution in [3.05, 3.63) is 30.4 Å². The number of carbonyl (C=O) groups is 1. The molecule has 4 heteroatoms. The van der Waals surface area contributed by atoms with Crippen LogP contribution >= 0.6 is 0 Å². The second-order valence-electron chi connectivity index (χ2n) is 2.84. The van der Waals surface area contributed by atoms with Gasteiger partial charge in [-0.05, 0) is 13.8 Å². The van der Waals surface area contributed by atoms with Gasteiger partial charge in [0, 0.05) is 12.2 Å². The average molecular weight is 194 g/mol. The predicted molar refractivity (Wildman–Crippen MR) is 53.1 cm³/mol. The molecule has 1 rings (SSSR count).